The van der Waals surface area contributed by atoms with E-state index in [1.54, 1.807) is 0 Å². The number of benzene rings is 1. The predicted molar refractivity (Wildman–Crippen MR) is 63.9 cm³/mol. The van der Waals surface area contributed by atoms with Gasteiger partial charge in [-0.15, -0.1) is 0 Å². The zero-order valence-corrected chi connectivity index (χ0v) is 10.5. The minimum atomic E-state index is 0.0277. The summed E-state index contributed by atoms with van der Waals surface area (Å²) in [4.78, 5) is 11.9. The zero-order valence-electron chi connectivity index (χ0n) is 8.88. The number of halogens is 1. The first-order valence-electron chi connectivity index (χ1n) is 5.15. The Morgan fingerprint density at radius 2 is 2.20 bits per heavy atom. The highest BCUT2D eigenvalue weighted by Gasteiger charge is 2.34. The van der Waals surface area contributed by atoms with E-state index >= 15 is 0 Å². The Labute approximate surface area is 98.2 Å². The molecule has 1 aromatic carbocycles. The second-order valence-corrected chi connectivity index (χ2v) is 5.02. The molecule has 0 radical (unpaired) electrons. The molecule has 1 aliphatic carbocycles. The number of aryl methyl sites for hydroxylation is 1. The molecule has 2 atom stereocenters. The summed E-state index contributed by atoms with van der Waals surface area (Å²) < 4.78 is 0.899. The lowest BCUT2D eigenvalue weighted by Crippen LogP contribution is -2.26. The van der Waals surface area contributed by atoms with E-state index in [-0.39, 0.29) is 5.91 Å². The summed E-state index contributed by atoms with van der Waals surface area (Å²) in [6.45, 7) is 4.14. The third kappa shape index (κ3) is 2.23. The van der Waals surface area contributed by atoms with Gasteiger partial charge in [-0.1, -0.05) is 19.1 Å². The SMILES string of the molecule is Cc1cccc(C(=O)NC2CC2C)c1Br. The van der Waals surface area contributed by atoms with Gasteiger partial charge in [0, 0.05) is 10.5 Å². The van der Waals surface area contributed by atoms with Crippen molar-refractivity contribution in [3.63, 3.8) is 0 Å². The minimum absolute atomic E-state index is 0.0277. The lowest BCUT2D eigenvalue weighted by molar-refractivity contribution is 0.0948. The van der Waals surface area contributed by atoms with Crippen LogP contribution in [0.1, 0.15) is 29.3 Å². The fourth-order valence-electron chi connectivity index (χ4n) is 1.59. The van der Waals surface area contributed by atoms with Crippen LogP contribution in [0, 0.1) is 12.8 Å². The van der Waals surface area contributed by atoms with Crippen LogP contribution in [0.25, 0.3) is 0 Å². The standard InChI is InChI=1S/C12H14BrNO/c1-7-4-3-5-9(11(7)13)12(15)14-10-6-8(10)2/h3-5,8,10H,6H2,1-2H3,(H,14,15). The summed E-state index contributed by atoms with van der Waals surface area (Å²) in [5.74, 6) is 0.664. The molecule has 2 nitrogen and oxygen atoms in total. The van der Waals surface area contributed by atoms with Gasteiger partial charge in [0.05, 0.1) is 5.56 Å². The Morgan fingerprint density at radius 1 is 1.53 bits per heavy atom. The topological polar surface area (TPSA) is 29.1 Å². The van der Waals surface area contributed by atoms with Crippen LogP contribution in [0.5, 0.6) is 0 Å². The van der Waals surface area contributed by atoms with Crippen molar-refractivity contribution in [3.05, 3.63) is 33.8 Å². The van der Waals surface area contributed by atoms with E-state index in [9.17, 15) is 4.79 Å². The molecule has 3 heteroatoms. The van der Waals surface area contributed by atoms with Crippen molar-refractivity contribution in [2.75, 3.05) is 0 Å². The molecular weight excluding hydrogens is 254 g/mol. The van der Waals surface area contributed by atoms with E-state index in [1.165, 1.54) is 0 Å². The quantitative estimate of drug-likeness (QED) is 0.877. The van der Waals surface area contributed by atoms with Crippen LogP contribution in [-0.2, 0) is 0 Å². The number of hydrogen-bond acceptors (Lipinski definition) is 1. The molecule has 1 aromatic rings. The number of rotatable bonds is 2. The predicted octanol–water partition coefficient (Wildman–Crippen LogP) is 2.90. The molecule has 2 unspecified atom stereocenters. The maximum atomic E-state index is 11.9. The molecule has 1 aliphatic rings. The van der Waals surface area contributed by atoms with Gasteiger partial charge in [-0.25, -0.2) is 0 Å². The zero-order chi connectivity index (χ0) is 11.0. The van der Waals surface area contributed by atoms with E-state index in [4.69, 9.17) is 0 Å². The van der Waals surface area contributed by atoms with Gasteiger partial charge in [0.1, 0.15) is 0 Å². The van der Waals surface area contributed by atoms with Crippen molar-refractivity contribution in [1.29, 1.82) is 0 Å². The molecule has 1 saturated carbocycles. The highest BCUT2D eigenvalue weighted by molar-refractivity contribution is 9.10. The van der Waals surface area contributed by atoms with Crippen molar-refractivity contribution in [3.8, 4) is 0 Å². The highest BCUT2D eigenvalue weighted by Crippen LogP contribution is 2.30. The third-order valence-electron chi connectivity index (χ3n) is 2.86. The second-order valence-electron chi connectivity index (χ2n) is 4.23. The van der Waals surface area contributed by atoms with E-state index < -0.39 is 0 Å². The van der Waals surface area contributed by atoms with Crippen LogP contribution < -0.4 is 5.32 Å². The Balaban J connectivity index is 2.14. The van der Waals surface area contributed by atoms with Gasteiger partial charge in [0.15, 0.2) is 0 Å². The molecule has 1 amide bonds. The van der Waals surface area contributed by atoms with Crippen LogP contribution in [0.15, 0.2) is 22.7 Å². The van der Waals surface area contributed by atoms with Gasteiger partial charge in [-0.3, -0.25) is 4.79 Å². The molecule has 0 aliphatic heterocycles. The molecule has 0 spiro atoms. The van der Waals surface area contributed by atoms with E-state index in [0.29, 0.717) is 12.0 Å². The number of hydrogen-bond donors (Lipinski definition) is 1. The fraction of sp³-hybridized carbons (Fsp3) is 0.417. The van der Waals surface area contributed by atoms with Crippen LogP contribution in [-0.4, -0.2) is 11.9 Å². The number of carbonyl (C=O) groups is 1. The Kier molecular flexibility index (Phi) is 2.83. The molecule has 2 rings (SSSR count). The van der Waals surface area contributed by atoms with Gasteiger partial charge in [-0.05, 0) is 46.8 Å². The smallest absolute Gasteiger partial charge is 0.252 e. The van der Waals surface area contributed by atoms with Crippen LogP contribution >= 0.6 is 15.9 Å². The average molecular weight is 268 g/mol. The van der Waals surface area contributed by atoms with Crippen molar-refractivity contribution >= 4 is 21.8 Å². The highest BCUT2D eigenvalue weighted by atomic mass is 79.9. The van der Waals surface area contributed by atoms with Gasteiger partial charge in [0.25, 0.3) is 5.91 Å². The molecule has 80 valence electrons. The molecule has 0 heterocycles. The van der Waals surface area contributed by atoms with Gasteiger partial charge >= 0.3 is 0 Å². The van der Waals surface area contributed by atoms with Gasteiger partial charge in [0.2, 0.25) is 0 Å². The molecule has 1 fully saturated rings. The first-order chi connectivity index (χ1) is 7.09. The van der Waals surface area contributed by atoms with Crippen molar-refractivity contribution in [2.24, 2.45) is 5.92 Å². The fourth-order valence-corrected chi connectivity index (χ4v) is 2.04. The van der Waals surface area contributed by atoms with Crippen molar-refractivity contribution in [2.45, 2.75) is 26.3 Å². The van der Waals surface area contributed by atoms with Crippen LogP contribution in [0.3, 0.4) is 0 Å². The first-order valence-corrected chi connectivity index (χ1v) is 5.95. The molecule has 0 saturated heterocycles. The normalized spacial score (nSPS) is 23.7. The molecule has 1 N–H and O–H groups in total. The summed E-state index contributed by atoms with van der Waals surface area (Å²) in [5.41, 5.74) is 1.82. The molecule has 15 heavy (non-hydrogen) atoms. The largest absolute Gasteiger partial charge is 0.349 e. The van der Waals surface area contributed by atoms with Gasteiger partial charge < -0.3 is 5.32 Å². The molecular formula is C12H14BrNO. The monoisotopic (exact) mass is 267 g/mol. The second kappa shape index (κ2) is 3.97. The van der Waals surface area contributed by atoms with Crippen LogP contribution in [0.2, 0.25) is 0 Å². The van der Waals surface area contributed by atoms with Crippen molar-refractivity contribution < 1.29 is 4.79 Å². The third-order valence-corrected chi connectivity index (χ3v) is 3.91. The Morgan fingerprint density at radius 3 is 2.80 bits per heavy atom. The van der Waals surface area contributed by atoms with E-state index in [0.717, 1.165) is 22.0 Å². The Hall–Kier alpha value is -0.830. The summed E-state index contributed by atoms with van der Waals surface area (Å²) in [6, 6.07) is 6.12. The number of carbonyl (C=O) groups excluding carboxylic acids is 1. The molecule has 0 bridgehead atoms. The first kappa shape index (κ1) is 10.7. The lowest BCUT2D eigenvalue weighted by Gasteiger charge is -2.07. The van der Waals surface area contributed by atoms with Gasteiger partial charge in [-0.2, -0.15) is 0 Å². The average Bonchev–Trinajstić information content (AvgIpc) is 2.86. The lowest BCUT2D eigenvalue weighted by atomic mass is 10.1. The minimum Gasteiger partial charge on any atom is -0.349 e. The number of amides is 1. The van der Waals surface area contributed by atoms with Crippen LogP contribution in [0.4, 0.5) is 0 Å². The summed E-state index contributed by atoms with van der Waals surface area (Å²) in [6.07, 6.45) is 1.11. The van der Waals surface area contributed by atoms with E-state index in [2.05, 4.69) is 28.2 Å². The summed E-state index contributed by atoms with van der Waals surface area (Å²) in [7, 11) is 0. The summed E-state index contributed by atoms with van der Waals surface area (Å²) >= 11 is 3.45. The van der Waals surface area contributed by atoms with E-state index in [1.807, 2.05) is 25.1 Å². The Bertz CT molecular complexity index is 403. The molecule has 0 aromatic heterocycles. The maximum absolute atomic E-state index is 11.9. The number of nitrogens with one attached hydrogen (secondary N) is 1. The maximum Gasteiger partial charge on any atom is 0.252 e. The van der Waals surface area contributed by atoms with Crippen molar-refractivity contribution in [1.82, 2.24) is 5.32 Å². The summed E-state index contributed by atoms with van der Waals surface area (Å²) in [5, 5.41) is 3.02.